The summed E-state index contributed by atoms with van der Waals surface area (Å²) in [5, 5.41) is 0. The molecule has 3 aliphatic rings. The molecular formula is C18H22N2O3. The molecular weight excluding hydrogens is 292 g/mol. The van der Waals surface area contributed by atoms with Crippen LogP contribution in [0.5, 0.6) is 5.75 Å². The van der Waals surface area contributed by atoms with E-state index in [2.05, 4.69) is 11.1 Å². The van der Waals surface area contributed by atoms with Crippen LogP contribution >= 0.6 is 0 Å². The number of aromatic nitrogens is 1. The van der Waals surface area contributed by atoms with Crippen molar-refractivity contribution in [3.63, 3.8) is 0 Å². The molecule has 1 amide bonds. The van der Waals surface area contributed by atoms with Crippen LogP contribution in [0.1, 0.15) is 32.1 Å². The van der Waals surface area contributed by atoms with Gasteiger partial charge in [-0.15, -0.1) is 0 Å². The fourth-order valence-electron chi connectivity index (χ4n) is 3.94. The first-order valence-electron chi connectivity index (χ1n) is 8.51. The maximum Gasteiger partial charge on any atom is 0.249 e. The molecule has 5 nitrogen and oxygen atoms in total. The van der Waals surface area contributed by atoms with Gasteiger partial charge in [0.1, 0.15) is 18.0 Å². The van der Waals surface area contributed by atoms with Crippen LogP contribution in [0.2, 0.25) is 0 Å². The Morgan fingerprint density at radius 1 is 1.39 bits per heavy atom. The van der Waals surface area contributed by atoms with Crippen molar-refractivity contribution in [2.24, 2.45) is 0 Å². The Hall–Kier alpha value is -1.88. The van der Waals surface area contributed by atoms with Crippen molar-refractivity contribution in [1.29, 1.82) is 0 Å². The fourth-order valence-corrected chi connectivity index (χ4v) is 3.94. The fraction of sp³-hybridized carbons (Fsp3) is 0.556. The van der Waals surface area contributed by atoms with Crippen LogP contribution in [0.4, 0.5) is 0 Å². The van der Waals surface area contributed by atoms with Crippen LogP contribution < -0.4 is 4.74 Å². The molecule has 1 aromatic heterocycles. The summed E-state index contributed by atoms with van der Waals surface area (Å²) < 4.78 is 12.0. The van der Waals surface area contributed by atoms with Gasteiger partial charge in [0.15, 0.2) is 0 Å². The summed E-state index contributed by atoms with van der Waals surface area (Å²) in [7, 11) is 0. The Labute approximate surface area is 136 Å². The van der Waals surface area contributed by atoms with Gasteiger partial charge in [-0.1, -0.05) is 6.08 Å². The number of allylic oxidation sites excluding steroid dienone is 1. The molecule has 1 saturated heterocycles. The topological polar surface area (TPSA) is 51.7 Å². The van der Waals surface area contributed by atoms with E-state index in [1.165, 1.54) is 0 Å². The SMILES string of the molecule is O=C(C1=CCCC1)N1CCO[C@H]2[C@@H](Oc3cccnc3)CC[C@@H]21. The van der Waals surface area contributed by atoms with Crippen molar-refractivity contribution in [2.75, 3.05) is 13.2 Å². The highest BCUT2D eigenvalue weighted by Crippen LogP contribution is 2.34. The van der Waals surface area contributed by atoms with Gasteiger partial charge in [-0.3, -0.25) is 9.78 Å². The summed E-state index contributed by atoms with van der Waals surface area (Å²) in [5.41, 5.74) is 0.988. The molecule has 5 heteroatoms. The van der Waals surface area contributed by atoms with Gasteiger partial charge in [0.2, 0.25) is 5.91 Å². The lowest BCUT2D eigenvalue weighted by molar-refractivity contribution is -0.143. The average molecular weight is 314 g/mol. The first-order valence-corrected chi connectivity index (χ1v) is 8.51. The average Bonchev–Trinajstić information content (AvgIpc) is 3.25. The number of pyridine rings is 1. The zero-order valence-corrected chi connectivity index (χ0v) is 13.2. The Morgan fingerprint density at radius 3 is 3.13 bits per heavy atom. The van der Waals surface area contributed by atoms with Crippen molar-refractivity contribution in [3.05, 3.63) is 36.2 Å². The zero-order valence-electron chi connectivity index (χ0n) is 13.2. The molecule has 1 saturated carbocycles. The predicted octanol–water partition coefficient (Wildman–Crippen LogP) is 2.33. The summed E-state index contributed by atoms with van der Waals surface area (Å²) >= 11 is 0. The van der Waals surface area contributed by atoms with E-state index in [0.29, 0.717) is 13.2 Å². The summed E-state index contributed by atoms with van der Waals surface area (Å²) in [6.07, 6.45) is 10.4. The maximum absolute atomic E-state index is 12.8. The first kappa shape index (κ1) is 14.7. The van der Waals surface area contributed by atoms with Gasteiger partial charge in [-0.25, -0.2) is 0 Å². The Balaban J connectivity index is 1.47. The number of carbonyl (C=O) groups is 1. The molecule has 0 spiro atoms. The smallest absolute Gasteiger partial charge is 0.249 e. The normalized spacial score (nSPS) is 30.0. The molecule has 1 aliphatic heterocycles. The Bertz CT molecular complexity index is 602. The van der Waals surface area contributed by atoms with E-state index in [1.807, 2.05) is 17.0 Å². The number of nitrogens with zero attached hydrogens (tertiary/aromatic N) is 2. The van der Waals surface area contributed by atoms with E-state index in [1.54, 1.807) is 12.4 Å². The van der Waals surface area contributed by atoms with E-state index in [-0.39, 0.29) is 24.2 Å². The number of carbonyl (C=O) groups excluding carboxylic acids is 1. The molecule has 2 heterocycles. The number of ether oxygens (including phenoxy) is 2. The second-order valence-corrected chi connectivity index (χ2v) is 6.45. The summed E-state index contributed by atoms with van der Waals surface area (Å²) in [5.74, 6) is 0.978. The lowest BCUT2D eigenvalue weighted by Gasteiger charge is -2.39. The monoisotopic (exact) mass is 314 g/mol. The van der Waals surface area contributed by atoms with E-state index in [0.717, 1.165) is 43.4 Å². The van der Waals surface area contributed by atoms with E-state index >= 15 is 0 Å². The van der Waals surface area contributed by atoms with Gasteiger partial charge < -0.3 is 14.4 Å². The standard InChI is InChI=1S/C18H22N2O3/c21-18(13-4-1-2-5-13)20-10-11-22-17-15(20)7-8-16(17)23-14-6-3-9-19-12-14/h3-4,6,9,12,15-17H,1-2,5,7-8,10-11H2/t15-,16-,17+/m0/s1. The van der Waals surface area contributed by atoms with Crippen LogP contribution in [-0.2, 0) is 9.53 Å². The van der Waals surface area contributed by atoms with Crippen LogP contribution in [0.3, 0.4) is 0 Å². The third-order valence-corrected chi connectivity index (χ3v) is 5.03. The Morgan fingerprint density at radius 2 is 2.35 bits per heavy atom. The number of hydrogen-bond donors (Lipinski definition) is 0. The van der Waals surface area contributed by atoms with Crippen LogP contribution in [0.15, 0.2) is 36.2 Å². The highest BCUT2D eigenvalue weighted by Gasteiger charge is 2.46. The van der Waals surface area contributed by atoms with Crippen LogP contribution in [-0.4, -0.2) is 47.2 Å². The van der Waals surface area contributed by atoms with E-state index < -0.39 is 0 Å². The molecule has 0 radical (unpaired) electrons. The number of rotatable bonds is 3. The molecule has 0 unspecified atom stereocenters. The van der Waals surface area contributed by atoms with Crippen molar-refractivity contribution in [2.45, 2.75) is 50.4 Å². The van der Waals surface area contributed by atoms with Crippen molar-refractivity contribution in [1.82, 2.24) is 9.88 Å². The number of hydrogen-bond acceptors (Lipinski definition) is 4. The highest BCUT2D eigenvalue weighted by atomic mass is 16.5. The van der Waals surface area contributed by atoms with Gasteiger partial charge in [-0.2, -0.15) is 0 Å². The first-order chi connectivity index (χ1) is 11.3. The number of morpholine rings is 1. The molecule has 122 valence electrons. The summed E-state index contributed by atoms with van der Waals surface area (Å²) in [4.78, 5) is 18.9. The van der Waals surface area contributed by atoms with E-state index in [9.17, 15) is 4.79 Å². The van der Waals surface area contributed by atoms with Gasteiger partial charge >= 0.3 is 0 Å². The molecule has 2 aliphatic carbocycles. The lowest BCUT2D eigenvalue weighted by atomic mass is 10.1. The lowest BCUT2D eigenvalue weighted by Crippen LogP contribution is -2.54. The second kappa shape index (κ2) is 6.32. The van der Waals surface area contributed by atoms with Gasteiger partial charge in [0.25, 0.3) is 0 Å². The van der Waals surface area contributed by atoms with Crippen LogP contribution in [0.25, 0.3) is 0 Å². The summed E-state index contributed by atoms with van der Waals surface area (Å²) in [6, 6.07) is 3.92. The molecule has 4 rings (SSSR count). The highest BCUT2D eigenvalue weighted by molar-refractivity contribution is 5.94. The van der Waals surface area contributed by atoms with Gasteiger partial charge in [0, 0.05) is 18.3 Å². The molecule has 3 atom stereocenters. The third-order valence-electron chi connectivity index (χ3n) is 5.03. The summed E-state index contributed by atoms with van der Waals surface area (Å²) in [6.45, 7) is 1.28. The molecule has 2 fully saturated rings. The quantitative estimate of drug-likeness (QED) is 0.859. The minimum absolute atomic E-state index is 0.00245. The zero-order chi connectivity index (χ0) is 15.6. The van der Waals surface area contributed by atoms with Crippen molar-refractivity contribution >= 4 is 5.91 Å². The number of amides is 1. The third kappa shape index (κ3) is 2.85. The van der Waals surface area contributed by atoms with Gasteiger partial charge in [-0.05, 0) is 44.2 Å². The molecule has 1 aromatic rings. The minimum atomic E-state index is -0.0325. The Kier molecular flexibility index (Phi) is 4.04. The molecule has 23 heavy (non-hydrogen) atoms. The predicted molar refractivity (Wildman–Crippen MR) is 85.1 cm³/mol. The molecule has 0 bridgehead atoms. The maximum atomic E-state index is 12.8. The van der Waals surface area contributed by atoms with Gasteiger partial charge in [0.05, 0.1) is 18.8 Å². The minimum Gasteiger partial charge on any atom is -0.486 e. The molecule has 0 aromatic carbocycles. The van der Waals surface area contributed by atoms with E-state index in [4.69, 9.17) is 9.47 Å². The van der Waals surface area contributed by atoms with Crippen molar-refractivity contribution < 1.29 is 14.3 Å². The van der Waals surface area contributed by atoms with Crippen molar-refractivity contribution in [3.8, 4) is 5.75 Å². The molecule has 0 N–H and O–H groups in total. The second-order valence-electron chi connectivity index (χ2n) is 6.45. The number of fused-ring (bicyclic) bond motifs is 1. The van der Waals surface area contributed by atoms with Crippen LogP contribution in [0, 0.1) is 0 Å². The largest absolute Gasteiger partial charge is 0.486 e.